The Kier molecular flexibility index (Phi) is 3.27. The molecule has 1 aromatic carbocycles. The van der Waals surface area contributed by atoms with Gasteiger partial charge in [0, 0.05) is 25.6 Å². The molecule has 2 aliphatic heterocycles. The summed E-state index contributed by atoms with van der Waals surface area (Å²) in [6.07, 6.45) is 2.61. The van der Waals surface area contributed by atoms with Crippen molar-refractivity contribution in [2.75, 3.05) is 19.6 Å². The monoisotopic (exact) mass is 246 g/mol. The first kappa shape index (κ1) is 12.0. The second kappa shape index (κ2) is 4.90. The van der Waals surface area contributed by atoms with Crippen LogP contribution in [0.2, 0.25) is 0 Å². The van der Waals surface area contributed by atoms with Gasteiger partial charge in [-0.1, -0.05) is 18.2 Å². The molecule has 0 radical (unpaired) electrons. The second-order valence-electron chi connectivity index (χ2n) is 5.72. The van der Waals surface area contributed by atoms with Crippen LogP contribution in [0.5, 0.6) is 5.75 Å². The first-order valence-electron chi connectivity index (χ1n) is 6.95. The number of nitrogens with two attached hydrogens (primary N) is 1. The van der Waals surface area contributed by atoms with E-state index in [1.807, 2.05) is 6.07 Å². The van der Waals surface area contributed by atoms with Crippen LogP contribution in [0.1, 0.15) is 18.9 Å². The van der Waals surface area contributed by atoms with Gasteiger partial charge in [-0.15, -0.1) is 0 Å². The van der Waals surface area contributed by atoms with E-state index in [2.05, 4.69) is 30.0 Å². The maximum absolute atomic E-state index is 5.99. The Balaban J connectivity index is 1.54. The van der Waals surface area contributed by atoms with Gasteiger partial charge in [0.05, 0.1) is 0 Å². The van der Waals surface area contributed by atoms with Crippen molar-refractivity contribution in [3.05, 3.63) is 29.8 Å². The Morgan fingerprint density at radius 1 is 1.44 bits per heavy atom. The zero-order valence-corrected chi connectivity index (χ0v) is 11.0. The molecule has 2 aliphatic rings. The van der Waals surface area contributed by atoms with Gasteiger partial charge in [0.25, 0.3) is 0 Å². The van der Waals surface area contributed by atoms with Crippen molar-refractivity contribution in [2.24, 2.45) is 11.7 Å². The fourth-order valence-electron chi connectivity index (χ4n) is 3.10. The Morgan fingerprint density at radius 3 is 3.00 bits per heavy atom. The van der Waals surface area contributed by atoms with E-state index in [1.54, 1.807) is 0 Å². The van der Waals surface area contributed by atoms with Crippen LogP contribution >= 0.6 is 0 Å². The molecule has 0 spiro atoms. The van der Waals surface area contributed by atoms with Crippen LogP contribution in [0, 0.1) is 5.92 Å². The predicted molar refractivity (Wildman–Crippen MR) is 72.8 cm³/mol. The van der Waals surface area contributed by atoms with Gasteiger partial charge in [-0.05, 0) is 37.4 Å². The van der Waals surface area contributed by atoms with Gasteiger partial charge in [-0.3, -0.25) is 4.90 Å². The zero-order chi connectivity index (χ0) is 12.5. The van der Waals surface area contributed by atoms with E-state index < -0.39 is 0 Å². The highest BCUT2D eigenvalue weighted by atomic mass is 16.5. The van der Waals surface area contributed by atoms with Gasteiger partial charge in [0.2, 0.25) is 0 Å². The summed E-state index contributed by atoms with van der Waals surface area (Å²) in [7, 11) is 0. The van der Waals surface area contributed by atoms with Crippen molar-refractivity contribution < 1.29 is 4.74 Å². The molecule has 3 unspecified atom stereocenters. The molecule has 2 heterocycles. The van der Waals surface area contributed by atoms with Crippen LogP contribution in [-0.4, -0.2) is 36.7 Å². The summed E-state index contributed by atoms with van der Waals surface area (Å²) in [5.41, 5.74) is 7.33. The average molecular weight is 246 g/mol. The number of hydrogen-bond donors (Lipinski definition) is 1. The first-order chi connectivity index (χ1) is 8.72. The summed E-state index contributed by atoms with van der Waals surface area (Å²) in [5, 5.41) is 0. The van der Waals surface area contributed by atoms with Crippen molar-refractivity contribution in [2.45, 2.75) is 31.9 Å². The van der Waals surface area contributed by atoms with Crippen LogP contribution in [0.3, 0.4) is 0 Å². The third-order valence-corrected chi connectivity index (χ3v) is 4.23. The van der Waals surface area contributed by atoms with E-state index in [0.29, 0.717) is 18.1 Å². The number of benzene rings is 1. The smallest absolute Gasteiger partial charge is 0.123 e. The molecule has 3 rings (SSSR count). The van der Waals surface area contributed by atoms with E-state index in [-0.39, 0.29) is 0 Å². The summed E-state index contributed by atoms with van der Waals surface area (Å²) < 4.78 is 5.99. The fourth-order valence-corrected chi connectivity index (χ4v) is 3.10. The maximum Gasteiger partial charge on any atom is 0.123 e. The third kappa shape index (κ3) is 2.38. The Morgan fingerprint density at radius 2 is 2.28 bits per heavy atom. The minimum Gasteiger partial charge on any atom is -0.488 e. The van der Waals surface area contributed by atoms with E-state index in [4.69, 9.17) is 10.5 Å². The molecule has 3 nitrogen and oxygen atoms in total. The highest BCUT2D eigenvalue weighted by Crippen LogP contribution is 2.29. The SMILES string of the molecule is CC(N)C1CCN(CC2Cc3ccccc3O2)C1. The quantitative estimate of drug-likeness (QED) is 0.881. The summed E-state index contributed by atoms with van der Waals surface area (Å²) in [6, 6.07) is 8.70. The molecule has 0 bridgehead atoms. The molecule has 18 heavy (non-hydrogen) atoms. The molecule has 1 fully saturated rings. The number of rotatable bonds is 3. The van der Waals surface area contributed by atoms with Crippen molar-refractivity contribution in [1.29, 1.82) is 0 Å². The van der Waals surface area contributed by atoms with Gasteiger partial charge in [0.1, 0.15) is 11.9 Å². The third-order valence-electron chi connectivity index (χ3n) is 4.23. The summed E-state index contributed by atoms with van der Waals surface area (Å²) in [5.74, 6) is 1.74. The lowest BCUT2D eigenvalue weighted by molar-refractivity contribution is 0.164. The van der Waals surface area contributed by atoms with Crippen LogP contribution in [0.15, 0.2) is 24.3 Å². The maximum atomic E-state index is 5.99. The zero-order valence-electron chi connectivity index (χ0n) is 11.0. The van der Waals surface area contributed by atoms with Crippen LogP contribution in [-0.2, 0) is 6.42 Å². The molecule has 0 aliphatic carbocycles. The standard InChI is InChI=1S/C15H22N2O/c1-11(16)13-6-7-17(9-13)10-14-8-12-4-2-3-5-15(12)18-14/h2-5,11,13-14H,6-10,16H2,1H3. The van der Waals surface area contributed by atoms with Crippen molar-refractivity contribution >= 4 is 0 Å². The molecule has 3 heteroatoms. The van der Waals surface area contributed by atoms with Gasteiger partial charge in [-0.25, -0.2) is 0 Å². The number of hydrogen-bond acceptors (Lipinski definition) is 3. The number of para-hydroxylation sites is 1. The Bertz CT molecular complexity index is 394. The van der Waals surface area contributed by atoms with E-state index >= 15 is 0 Å². The van der Waals surface area contributed by atoms with Crippen LogP contribution < -0.4 is 10.5 Å². The Hall–Kier alpha value is -1.06. The van der Waals surface area contributed by atoms with E-state index in [1.165, 1.54) is 18.5 Å². The van der Waals surface area contributed by atoms with Gasteiger partial charge in [-0.2, -0.15) is 0 Å². The number of likely N-dealkylation sites (tertiary alicyclic amines) is 1. The van der Waals surface area contributed by atoms with Crippen LogP contribution in [0.4, 0.5) is 0 Å². The van der Waals surface area contributed by atoms with Crippen LogP contribution in [0.25, 0.3) is 0 Å². The molecular formula is C15H22N2O. The van der Waals surface area contributed by atoms with Gasteiger partial charge >= 0.3 is 0 Å². The lowest BCUT2D eigenvalue weighted by atomic mass is 10.0. The molecule has 0 saturated carbocycles. The molecule has 2 N–H and O–H groups in total. The van der Waals surface area contributed by atoms with Crippen molar-refractivity contribution in [3.63, 3.8) is 0 Å². The largest absolute Gasteiger partial charge is 0.488 e. The topological polar surface area (TPSA) is 38.5 Å². The normalized spacial score (nSPS) is 29.0. The summed E-state index contributed by atoms with van der Waals surface area (Å²) in [6.45, 7) is 5.46. The lowest BCUT2D eigenvalue weighted by Gasteiger charge is -2.21. The molecular weight excluding hydrogens is 224 g/mol. The number of ether oxygens (including phenoxy) is 1. The summed E-state index contributed by atoms with van der Waals surface area (Å²) in [4.78, 5) is 2.50. The number of nitrogens with zero attached hydrogens (tertiary/aromatic N) is 1. The predicted octanol–water partition coefficient (Wildman–Crippen LogP) is 1.66. The van der Waals surface area contributed by atoms with Crippen molar-refractivity contribution in [3.8, 4) is 5.75 Å². The lowest BCUT2D eigenvalue weighted by Crippen LogP contribution is -2.35. The first-order valence-corrected chi connectivity index (χ1v) is 6.95. The fraction of sp³-hybridized carbons (Fsp3) is 0.600. The highest BCUT2D eigenvalue weighted by molar-refractivity contribution is 5.37. The Labute approximate surface area is 109 Å². The molecule has 0 aromatic heterocycles. The highest BCUT2D eigenvalue weighted by Gasteiger charge is 2.29. The average Bonchev–Trinajstić information content (AvgIpc) is 2.94. The molecule has 0 amide bonds. The van der Waals surface area contributed by atoms with Gasteiger partial charge in [0.15, 0.2) is 0 Å². The number of fused-ring (bicyclic) bond motifs is 1. The molecule has 3 atom stereocenters. The van der Waals surface area contributed by atoms with E-state index in [0.717, 1.165) is 25.3 Å². The molecule has 98 valence electrons. The minimum absolute atomic E-state index is 0.316. The van der Waals surface area contributed by atoms with Crippen molar-refractivity contribution in [1.82, 2.24) is 4.90 Å². The minimum atomic E-state index is 0.316. The molecule has 1 saturated heterocycles. The van der Waals surface area contributed by atoms with Gasteiger partial charge < -0.3 is 10.5 Å². The summed E-state index contributed by atoms with van der Waals surface area (Å²) >= 11 is 0. The van der Waals surface area contributed by atoms with E-state index in [9.17, 15) is 0 Å². The molecule has 1 aromatic rings. The second-order valence-corrected chi connectivity index (χ2v) is 5.72.